The summed E-state index contributed by atoms with van der Waals surface area (Å²) >= 11 is 0. The van der Waals surface area contributed by atoms with Gasteiger partial charge in [0, 0.05) is 12.6 Å². The highest BCUT2D eigenvalue weighted by atomic mass is 16.4. The van der Waals surface area contributed by atoms with Crippen molar-refractivity contribution in [3.63, 3.8) is 0 Å². The summed E-state index contributed by atoms with van der Waals surface area (Å²) in [6.45, 7) is 4.92. The van der Waals surface area contributed by atoms with E-state index in [2.05, 4.69) is 19.2 Å². The van der Waals surface area contributed by atoms with Gasteiger partial charge in [0.1, 0.15) is 0 Å². The lowest BCUT2D eigenvalue weighted by Crippen LogP contribution is -2.49. The van der Waals surface area contributed by atoms with Crippen molar-refractivity contribution in [1.82, 2.24) is 10.2 Å². The number of nitrogens with zero attached hydrogens (tertiary/aromatic N) is 1. The van der Waals surface area contributed by atoms with Crippen LogP contribution in [0.1, 0.15) is 39.5 Å². The van der Waals surface area contributed by atoms with Gasteiger partial charge in [0.2, 0.25) is 5.91 Å². The molecule has 116 valence electrons. The van der Waals surface area contributed by atoms with Crippen LogP contribution in [0.4, 0.5) is 0 Å². The first-order chi connectivity index (χ1) is 9.32. The molecule has 1 aliphatic rings. The molecular formula is C15H28N2O3. The first kappa shape index (κ1) is 17.0. The average molecular weight is 284 g/mol. The SMILES string of the molecule is CC(C)C(CN(C)C)NC(=O)C1CCCCC1C(=O)O. The molecule has 1 aliphatic carbocycles. The van der Waals surface area contributed by atoms with Crippen LogP contribution in [0.2, 0.25) is 0 Å². The van der Waals surface area contributed by atoms with E-state index >= 15 is 0 Å². The number of likely N-dealkylation sites (N-methyl/N-ethyl adjacent to an activating group) is 1. The molecule has 5 heteroatoms. The number of hydrogen-bond acceptors (Lipinski definition) is 3. The van der Waals surface area contributed by atoms with E-state index in [0.717, 1.165) is 19.4 Å². The second-order valence-corrected chi connectivity index (χ2v) is 6.46. The fraction of sp³-hybridized carbons (Fsp3) is 0.867. The van der Waals surface area contributed by atoms with Crippen LogP contribution in [0.3, 0.4) is 0 Å². The third-order valence-corrected chi connectivity index (χ3v) is 4.11. The summed E-state index contributed by atoms with van der Waals surface area (Å²) in [5.74, 6) is -1.48. The summed E-state index contributed by atoms with van der Waals surface area (Å²) in [5.41, 5.74) is 0. The largest absolute Gasteiger partial charge is 0.481 e. The van der Waals surface area contributed by atoms with Gasteiger partial charge in [-0.05, 0) is 32.9 Å². The zero-order valence-corrected chi connectivity index (χ0v) is 13.1. The zero-order chi connectivity index (χ0) is 15.3. The molecule has 0 heterocycles. The van der Waals surface area contributed by atoms with Crippen molar-refractivity contribution in [3.05, 3.63) is 0 Å². The second-order valence-electron chi connectivity index (χ2n) is 6.46. The number of amides is 1. The molecule has 0 aliphatic heterocycles. The summed E-state index contributed by atoms with van der Waals surface area (Å²) in [6.07, 6.45) is 3.16. The van der Waals surface area contributed by atoms with E-state index in [0.29, 0.717) is 18.8 Å². The van der Waals surface area contributed by atoms with Gasteiger partial charge in [0.15, 0.2) is 0 Å². The smallest absolute Gasteiger partial charge is 0.307 e. The minimum atomic E-state index is -0.835. The third-order valence-electron chi connectivity index (χ3n) is 4.11. The zero-order valence-electron chi connectivity index (χ0n) is 13.1. The maximum absolute atomic E-state index is 12.4. The molecule has 20 heavy (non-hydrogen) atoms. The van der Waals surface area contributed by atoms with Crippen molar-refractivity contribution in [3.8, 4) is 0 Å². The molecule has 0 saturated heterocycles. The Hall–Kier alpha value is -1.10. The van der Waals surface area contributed by atoms with Gasteiger partial charge >= 0.3 is 5.97 Å². The Morgan fingerprint density at radius 3 is 2.20 bits per heavy atom. The quantitative estimate of drug-likeness (QED) is 0.777. The van der Waals surface area contributed by atoms with Gasteiger partial charge in [0.25, 0.3) is 0 Å². The van der Waals surface area contributed by atoms with Crippen LogP contribution in [-0.4, -0.2) is 48.6 Å². The molecular weight excluding hydrogens is 256 g/mol. The number of rotatable bonds is 6. The van der Waals surface area contributed by atoms with E-state index in [1.807, 2.05) is 19.0 Å². The van der Waals surface area contributed by atoms with Crippen LogP contribution >= 0.6 is 0 Å². The Balaban J connectivity index is 2.68. The highest BCUT2D eigenvalue weighted by molar-refractivity contribution is 5.85. The number of carboxylic acids is 1. The molecule has 0 spiro atoms. The Labute approximate surface area is 121 Å². The van der Waals surface area contributed by atoms with Crippen molar-refractivity contribution in [2.75, 3.05) is 20.6 Å². The Kier molecular flexibility index (Phi) is 6.46. The number of hydrogen-bond donors (Lipinski definition) is 2. The normalized spacial score (nSPS) is 24.7. The third kappa shape index (κ3) is 4.78. The molecule has 1 rings (SSSR count). The van der Waals surface area contributed by atoms with Crippen LogP contribution in [0.25, 0.3) is 0 Å². The number of nitrogens with one attached hydrogen (secondary N) is 1. The summed E-state index contributed by atoms with van der Waals surface area (Å²) in [5, 5.41) is 12.3. The van der Waals surface area contributed by atoms with Gasteiger partial charge < -0.3 is 15.3 Å². The van der Waals surface area contributed by atoms with E-state index in [1.165, 1.54) is 0 Å². The summed E-state index contributed by atoms with van der Waals surface area (Å²) < 4.78 is 0. The lowest BCUT2D eigenvalue weighted by atomic mass is 9.78. The van der Waals surface area contributed by atoms with Gasteiger partial charge in [-0.15, -0.1) is 0 Å². The molecule has 1 fully saturated rings. The first-order valence-corrected chi connectivity index (χ1v) is 7.50. The van der Waals surface area contributed by atoms with Crippen molar-refractivity contribution in [2.45, 2.75) is 45.6 Å². The fourth-order valence-electron chi connectivity index (χ4n) is 2.85. The molecule has 0 aromatic heterocycles. The molecule has 3 unspecified atom stereocenters. The summed E-state index contributed by atoms with van der Waals surface area (Å²) in [4.78, 5) is 25.7. The summed E-state index contributed by atoms with van der Waals surface area (Å²) in [6, 6.07) is 0.0638. The van der Waals surface area contributed by atoms with Crippen molar-refractivity contribution >= 4 is 11.9 Å². The van der Waals surface area contributed by atoms with Crippen LogP contribution < -0.4 is 5.32 Å². The molecule has 0 radical (unpaired) electrons. The van der Waals surface area contributed by atoms with Crippen LogP contribution in [0.5, 0.6) is 0 Å². The maximum atomic E-state index is 12.4. The highest BCUT2D eigenvalue weighted by Crippen LogP contribution is 2.30. The van der Waals surface area contributed by atoms with Crippen molar-refractivity contribution in [1.29, 1.82) is 0 Å². The van der Waals surface area contributed by atoms with Crippen molar-refractivity contribution < 1.29 is 14.7 Å². The Morgan fingerprint density at radius 2 is 1.75 bits per heavy atom. The van der Waals surface area contributed by atoms with Crippen LogP contribution in [-0.2, 0) is 9.59 Å². The number of carboxylic acid groups (broad SMARTS) is 1. The van der Waals surface area contributed by atoms with Crippen molar-refractivity contribution in [2.24, 2.45) is 17.8 Å². The lowest BCUT2D eigenvalue weighted by Gasteiger charge is -2.31. The van der Waals surface area contributed by atoms with E-state index in [1.54, 1.807) is 0 Å². The first-order valence-electron chi connectivity index (χ1n) is 7.50. The fourth-order valence-corrected chi connectivity index (χ4v) is 2.85. The molecule has 0 aromatic rings. The molecule has 1 saturated carbocycles. The van der Waals surface area contributed by atoms with Gasteiger partial charge in [-0.3, -0.25) is 9.59 Å². The van der Waals surface area contributed by atoms with Crippen LogP contribution in [0, 0.1) is 17.8 Å². The highest BCUT2D eigenvalue weighted by Gasteiger charge is 2.36. The number of carbonyl (C=O) groups is 2. The molecule has 2 N–H and O–H groups in total. The predicted molar refractivity (Wildman–Crippen MR) is 78.4 cm³/mol. The van der Waals surface area contributed by atoms with Gasteiger partial charge in [0.05, 0.1) is 11.8 Å². The molecule has 3 atom stereocenters. The topological polar surface area (TPSA) is 69.6 Å². The molecule has 0 bridgehead atoms. The number of carbonyl (C=O) groups excluding carboxylic acids is 1. The minimum absolute atomic E-state index is 0.0638. The van der Waals surface area contributed by atoms with Crippen LogP contribution in [0.15, 0.2) is 0 Å². The van der Waals surface area contributed by atoms with E-state index in [9.17, 15) is 14.7 Å². The summed E-state index contributed by atoms with van der Waals surface area (Å²) in [7, 11) is 3.95. The minimum Gasteiger partial charge on any atom is -0.481 e. The van der Waals surface area contributed by atoms with E-state index in [4.69, 9.17) is 0 Å². The second kappa shape index (κ2) is 7.62. The number of aliphatic carboxylic acids is 1. The van der Waals surface area contributed by atoms with E-state index in [-0.39, 0.29) is 17.9 Å². The molecule has 1 amide bonds. The van der Waals surface area contributed by atoms with E-state index < -0.39 is 11.9 Å². The average Bonchev–Trinajstić information content (AvgIpc) is 2.37. The Morgan fingerprint density at radius 1 is 1.20 bits per heavy atom. The predicted octanol–water partition coefficient (Wildman–Crippen LogP) is 1.58. The van der Waals surface area contributed by atoms with Gasteiger partial charge in [-0.25, -0.2) is 0 Å². The van der Waals surface area contributed by atoms with Gasteiger partial charge in [-0.1, -0.05) is 26.7 Å². The van der Waals surface area contributed by atoms with Gasteiger partial charge in [-0.2, -0.15) is 0 Å². The lowest BCUT2D eigenvalue weighted by molar-refractivity contribution is -0.149. The molecule has 5 nitrogen and oxygen atoms in total. The molecule has 0 aromatic carbocycles. The standard InChI is InChI=1S/C15H28N2O3/c1-10(2)13(9-17(3)4)16-14(18)11-7-5-6-8-12(11)15(19)20/h10-13H,5-9H2,1-4H3,(H,16,18)(H,19,20). The maximum Gasteiger partial charge on any atom is 0.307 e. The Bertz CT molecular complexity index is 342. The monoisotopic (exact) mass is 284 g/mol.